The summed E-state index contributed by atoms with van der Waals surface area (Å²) in [6, 6.07) is 4.35. The van der Waals surface area contributed by atoms with Crippen molar-refractivity contribution in [1.29, 1.82) is 5.26 Å². The summed E-state index contributed by atoms with van der Waals surface area (Å²) in [6.45, 7) is 8.79. The molecule has 0 atom stereocenters. The van der Waals surface area contributed by atoms with E-state index < -0.39 is 0 Å². The minimum atomic E-state index is 0.319. The maximum atomic E-state index is 9.18. The van der Waals surface area contributed by atoms with Crippen LogP contribution in [0.25, 0.3) is 0 Å². The van der Waals surface area contributed by atoms with Gasteiger partial charge in [-0.1, -0.05) is 27.7 Å². The molecule has 2 heteroatoms. The predicted octanol–water partition coefficient (Wildman–Crippen LogP) is 3.59. The van der Waals surface area contributed by atoms with E-state index in [1.165, 1.54) is 17.7 Å². The number of rotatable bonds is 1. The van der Waals surface area contributed by atoms with Gasteiger partial charge in [0.25, 0.3) is 0 Å². The van der Waals surface area contributed by atoms with Gasteiger partial charge in [0.2, 0.25) is 0 Å². The van der Waals surface area contributed by atoms with E-state index in [0.29, 0.717) is 11.3 Å². The Morgan fingerprint density at radius 1 is 1.41 bits per heavy atom. The van der Waals surface area contributed by atoms with Crippen molar-refractivity contribution >= 4 is 0 Å². The summed E-state index contributed by atoms with van der Waals surface area (Å²) in [5.41, 5.74) is 4.57. The van der Waals surface area contributed by atoms with Gasteiger partial charge < -0.3 is 0 Å². The molecule has 1 heterocycles. The monoisotopic (exact) mass is 228 g/mol. The minimum absolute atomic E-state index is 0.319. The van der Waals surface area contributed by atoms with Gasteiger partial charge in [-0.3, -0.25) is 4.98 Å². The van der Waals surface area contributed by atoms with Crippen molar-refractivity contribution in [3.8, 4) is 6.07 Å². The maximum Gasteiger partial charge on any atom is 0.101 e. The second kappa shape index (κ2) is 4.14. The summed E-state index contributed by atoms with van der Waals surface area (Å²) in [6.07, 6.45) is 3.28. The van der Waals surface area contributed by atoms with E-state index in [0.717, 1.165) is 24.1 Å². The number of nitriles is 1. The number of fused-ring (bicyclic) bond motifs is 1. The van der Waals surface area contributed by atoms with Crippen molar-refractivity contribution in [2.75, 3.05) is 0 Å². The number of nitrogens with zero attached hydrogens (tertiary/aromatic N) is 2. The van der Waals surface area contributed by atoms with Gasteiger partial charge in [-0.2, -0.15) is 5.26 Å². The van der Waals surface area contributed by atoms with Gasteiger partial charge in [0, 0.05) is 5.69 Å². The normalized spacial score (nSPS) is 17.6. The standard InChI is InChI=1S/C15H20N2/c1-10(2)14-12(9-16)7-11-5-6-15(3,4)8-13(11)17-14/h7,10H,5-6,8H2,1-4H3. The molecule has 0 spiro atoms. The Balaban J connectivity index is 2.50. The van der Waals surface area contributed by atoms with Gasteiger partial charge in [-0.15, -0.1) is 0 Å². The van der Waals surface area contributed by atoms with E-state index in [9.17, 15) is 5.26 Å². The zero-order chi connectivity index (χ0) is 12.6. The average molecular weight is 228 g/mol. The summed E-state index contributed by atoms with van der Waals surface area (Å²) in [7, 11) is 0. The lowest BCUT2D eigenvalue weighted by Gasteiger charge is -2.31. The highest BCUT2D eigenvalue weighted by atomic mass is 14.7. The number of hydrogen-bond acceptors (Lipinski definition) is 2. The second-order valence-corrected chi connectivity index (χ2v) is 6.13. The molecule has 0 bridgehead atoms. The largest absolute Gasteiger partial charge is 0.256 e. The van der Waals surface area contributed by atoms with Crippen molar-refractivity contribution in [2.24, 2.45) is 5.41 Å². The third-order valence-electron chi connectivity index (χ3n) is 3.61. The lowest BCUT2D eigenvalue weighted by Crippen LogP contribution is -2.24. The molecule has 1 aromatic rings. The minimum Gasteiger partial charge on any atom is -0.256 e. The molecule has 0 radical (unpaired) electrons. The molecule has 0 saturated heterocycles. The van der Waals surface area contributed by atoms with Crippen molar-refractivity contribution in [1.82, 2.24) is 4.98 Å². The number of hydrogen-bond donors (Lipinski definition) is 0. The summed E-state index contributed by atoms with van der Waals surface area (Å²) < 4.78 is 0. The van der Waals surface area contributed by atoms with Gasteiger partial charge in [-0.25, -0.2) is 0 Å². The fourth-order valence-corrected chi connectivity index (χ4v) is 2.52. The topological polar surface area (TPSA) is 36.7 Å². The van der Waals surface area contributed by atoms with Crippen LogP contribution in [0.5, 0.6) is 0 Å². The summed E-state index contributed by atoms with van der Waals surface area (Å²) in [5.74, 6) is 0.319. The maximum absolute atomic E-state index is 9.18. The van der Waals surface area contributed by atoms with Gasteiger partial charge in [-0.05, 0) is 42.2 Å². The van der Waals surface area contributed by atoms with Crippen LogP contribution in [0.3, 0.4) is 0 Å². The lowest BCUT2D eigenvalue weighted by atomic mass is 9.76. The molecule has 1 aromatic heterocycles. The van der Waals surface area contributed by atoms with Crippen LogP contribution < -0.4 is 0 Å². The van der Waals surface area contributed by atoms with Gasteiger partial charge in [0.05, 0.1) is 11.3 Å². The Morgan fingerprint density at radius 3 is 2.71 bits per heavy atom. The van der Waals surface area contributed by atoms with Gasteiger partial charge in [0.15, 0.2) is 0 Å². The fraction of sp³-hybridized carbons (Fsp3) is 0.600. The Bertz CT molecular complexity index is 478. The molecule has 17 heavy (non-hydrogen) atoms. The van der Waals surface area contributed by atoms with Crippen LogP contribution in [-0.4, -0.2) is 4.98 Å². The molecule has 0 N–H and O–H groups in total. The first-order valence-electron chi connectivity index (χ1n) is 6.36. The predicted molar refractivity (Wildman–Crippen MR) is 68.8 cm³/mol. The van der Waals surface area contributed by atoms with E-state index in [2.05, 4.69) is 39.8 Å². The van der Waals surface area contributed by atoms with Gasteiger partial charge >= 0.3 is 0 Å². The lowest BCUT2D eigenvalue weighted by molar-refractivity contribution is 0.310. The first-order valence-corrected chi connectivity index (χ1v) is 6.36. The van der Waals surface area contributed by atoms with E-state index in [1.807, 2.05) is 0 Å². The van der Waals surface area contributed by atoms with Crippen molar-refractivity contribution in [2.45, 2.75) is 52.9 Å². The van der Waals surface area contributed by atoms with Crippen molar-refractivity contribution in [3.63, 3.8) is 0 Å². The fourth-order valence-electron chi connectivity index (χ4n) is 2.52. The highest BCUT2D eigenvalue weighted by molar-refractivity contribution is 5.41. The second-order valence-electron chi connectivity index (χ2n) is 6.13. The highest BCUT2D eigenvalue weighted by Crippen LogP contribution is 2.35. The molecule has 0 aliphatic heterocycles. The molecule has 1 aliphatic rings. The Kier molecular flexibility index (Phi) is 2.95. The number of aromatic nitrogens is 1. The van der Waals surface area contributed by atoms with E-state index in [4.69, 9.17) is 4.98 Å². The number of pyridine rings is 1. The molecule has 1 aliphatic carbocycles. The smallest absolute Gasteiger partial charge is 0.101 e. The summed E-state index contributed by atoms with van der Waals surface area (Å²) in [5, 5.41) is 9.18. The zero-order valence-electron chi connectivity index (χ0n) is 11.2. The SMILES string of the molecule is CC(C)c1nc2c(cc1C#N)CCC(C)(C)C2. The van der Waals surface area contributed by atoms with Crippen LogP contribution in [0.15, 0.2) is 6.07 Å². The number of aryl methyl sites for hydroxylation is 1. The van der Waals surface area contributed by atoms with Crippen LogP contribution in [0, 0.1) is 16.7 Å². The Hall–Kier alpha value is -1.36. The zero-order valence-corrected chi connectivity index (χ0v) is 11.2. The van der Waals surface area contributed by atoms with Crippen LogP contribution in [-0.2, 0) is 12.8 Å². The molecule has 0 amide bonds. The highest BCUT2D eigenvalue weighted by Gasteiger charge is 2.27. The summed E-state index contributed by atoms with van der Waals surface area (Å²) in [4.78, 5) is 4.76. The Labute approximate surface area is 104 Å². The van der Waals surface area contributed by atoms with E-state index in [1.54, 1.807) is 0 Å². The molecule has 2 rings (SSSR count). The van der Waals surface area contributed by atoms with E-state index >= 15 is 0 Å². The van der Waals surface area contributed by atoms with Gasteiger partial charge in [0.1, 0.15) is 6.07 Å². The Morgan fingerprint density at radius 2 is 2.12 bits per heavy atom. The molecule has 2 nitrogen and oxygen atoms in total. The van der Waals surface area contributed by atoms with Crippen LogP contribution >= 0.6 is 0 Å². The average Bonchev–Trinajstić information content (AvgIpc) is 2.26. The third-order valence-corrected chi connectivity index (χ3v) is 3.61. The molecular weight excluding hydrogens is 208 g/mol. The molecule has 0 fully saturated rings. The van der Waals surface area contributed by atoms with Crippen LogP contribution in [0.4, 0.5) is 0 Å². The van der Waals surface area contributed by atoms with Crippen LogP contribution in [0.2, 0.25) is 0 Å². The molecule has 0 unspecified atom stereocenters. The van der Waals surface area contributed by atoms with E-state index in [-0.39, 0.29) is 0 Å². The van der Waals surface area contributed by atoms with Crippen LogP contribution in [0.1, 0.15) is 62.5 Å². The molecule has 0 aromatic carbocycles. The first kappa shape index (κ1) is 12.1. The van der Waals surface area contributed by atoms with Crippen molar-refractivity contribution < 1.29 is 0 Å². The summed E-state index contributed by atoms with van der Waals surface area (Å²) >= 11 is 0. The molecule has 0 saturated carbocycles. The van der Waals surface area contributed by atoms with Crippen molar-refractivity contribution in [3.05, 3.63) is 28.6 Å². The molecule has 90 valence electrons. The quantitative estimate of drug-likeness (QED) is 0.736. The third kappa shape index (κ3) is 2.34. The first-order chi connectivity index (χ1) is 7.93. The molecular formula is C15H20N2.